The highest BCUT2D eigenvalue weighted by Gasteiger charge is 1.98. The van der Waals surface area contributed by atoms with E-state index in [0.29, 0.717) is 6.61 Å². The maximum absolute atomic E-state index is 9.24. The molecule has 0 saturated carbocycles. The van der Waals surface area contributed by atoms with Crippen molar-refractivity contribution in [2.24, 2.45) is 0 Å². The van der Waals surface area contributed by atoms with E-state index in [9.17, 15) is 5.11 Å². The summed E-state index contributed by atoms with van der Waals surface area (Å²) in [6.07, 6.45) is 0. The second-order valence-corrected chi connectivity index (χ2v) is 2.80. The summed E-state index contributed by atoms with van der Waals surface area (Å²) in [6.45, 7) is 2.55. The van der Waals surface area contributed by atoms with Gasteiger partial charge in [0, 0.05) is 12.0 Å². The number of rotatable bonds is 3. The van der Waals surface area contributed by atoms with Gasteiger partial charge in [-0.3, -0.25) is 0 Å². The van der Waals surface area contributed by atoms with Crippen molar-refractivity contribution in [1.82, 2.24) is 0 Å². The third kappa shape index (κ3) is 2.44. The molecule has 0 fully saturated rings. The van der Waals surface area contributed by atoms with Crippen LogP contribution in [0.25, 0.3) is 0 Å². The maximum Gasteiger partial charge on any atom is 0.131 e. The molecule has 0 unspecified atom stereocenters. The van der Waals surface area contributed by atoms with Crippen LogP contribution >= 0.6 is 12.0 Å². The van der Waals surface area contributed by atoms with Crippen molar-refractivity contribution < 1.29 is 9.29 Å². The highest BCUT2D eigenvalue weighted by molar-refractivity contribution is 7.94. The molecular weight excluding hydrogens is 160 g/mol. The molecule has 0 aliphatic carbocycles. The van der Waals surface area contributed by atoms with Gasteiger partial charge in [-0.15, -0.1) is 0 Å². The average Bonchev–Trinajstić information content (AvgIpc) is 2.03. The molecule has 0 heterocycles. The second kappa shape index (κ2) is 4.26. The van der Waals surface area contributed by atoms with E-state index in [2.05, 4.69) is 0 Å². The summed E-state index contributed by atoms with van der Waals surface area (Å²) in [5.74, 6) is 0.269. The zero-order chi connectivity index (χ0) is 8.10. The van der Waals surface area contributed by atoms with Gasteiger partial charge in [-0.25, -0.2) is 0 Å². The fraction of sp³-hybridized carbons (Fsp3) is 0.250. The smallest absolute Gasteiger partial charge is 0.131 e. The van der Waals surface area contributed by atoms with Gasteiger partial charge in [-0.2, -0.15) is 0 Å². The lowest BCUT2D eigenvalue weighted by Gasteiger charge is -2.00. The van der Waals surface area contributed by atoms with Crippen LogP contribution in [0.5, 0.6) is 5.75 Å². The first kappa shape index (κ1) is 8.43. The SMILES string of the molecule is CCOSc1ccccc1O. The van der Waals surface area contributed by atoms with Crippen LogP contribution in [0.3, 0.4) is 0 Å². The average molecular weight is 170 g/mol. The third-order valence-corrected chi connectivity index (χ3v) is 2.01. The van der Waals surface area contributed by atoms with Crippen molar-refractivity contribution in [3.8, 4) is 5.75 Å². The standard InChI is InChI=1S/C8H10O2S/c1-2-10-11-8-6-4-3-5-7(8)9/h3-6,9H,2H2,1H3. The molecule has 0 saturated heterocycles. The third-order valence-electron chi connectivity index (χ3n) is 1.13. The van der Waals surface area contributed by atoms with Crippen molar-refractivity contribution >= 4 is 12.0 Å². The molecule has 0 aromatic heterocycles. The minimum absolute atomic E-state index is 0.269. The molecule has 2 nitrogen and oxygen atoms in total. The fourth-order valence-corrected chi connectivity index (χ4v) is 1.18. The Morgan fingerprint density at radius 1 is 1.45 bits per heavy atom. The Labute approximate surface area is 70.4 Å². The van der Waals surface area contributed by atoms with Gasteiger partial charge in [0.15, 0.2) is 0 Å². The Bertz CT molecular complexity index is 225. The summed E-state index contributed by atoms with van der Waals surface area (Å²) in [6, 6.07) is 7.10. The molecular formula is C8H10O2S. The number of benzene rings is 1. The molecule has 0 radical (unpaired) electrons. The van der Waals surface area contributed by atoms with Crippen LogP contribution in [0.1, 0.15) is 6.92 Å². The molecule has 11 heavy (non-hydrogen) atoms. The van der Waals surface area contributed by atoms with E-state index in [1.54, 1.807) is 12.1 Å². The number of para-hydroxylation sites is 1. The Hall–Kier alpha value is -0.670. The second-order valence-electron chi connectivity index (χ2n) is 1.96. The van der Waals surface area contributed by atoms with E-state index in [1.165, 1.54) is 12.0 Å². The van der Waals surface area contributed by atoms with Gasteiger partial charge >= 0.3 is 0 Å². The predicted molar refractivity (Wildman–Crippen MR) is 45.6 cm³/mol. The predicted octanol–water partition coefficient (Wildman–Crippen LogP) is 2.44. The van der Waals surface area contributed by atoms with E-state index in [1.807, 2.05) is 19.1 Å². The normalized spacial score (nSPS) is 9.91. The number of phenols is 1. The minimum Gasteiger partial charge on any atom is -0.507 e. The Kier molecular flexibility index (Phi) is 3.26. The number of hydrogen-bond donors (Lipinski definition) is 1. The fourth-order valence-electron chi connectivity index (χ4n) is 0.650. The van der Waals surface area contributed by atoms with Gasteiger partial charge in [-0.05, 0) is 19.1 Å². The Morgan fingerprint density at radius 3 is 2.82 bits per heavy atom. The molecule has 3 heteroatoms. The van der Waals surface area contributed by atoms with Crippen LogP contribution in [-0.4, -0.2) is 11.7 Å². The first-order chi connectivity index (χ1) is 5.34. The zero-order valence-electron chi connectivity index (χ0n) is 6.28. The molecule has 0 spiro atoms. The van der Waals surface area contributed by atoms with Crippen LogP contribution in [-0.2, 0) is 4.18 Å². The molecule has 0 amide bonds. The van der Waals surface area contributed by atoms with E-state index < -0.39 is 0 Å². The van der Waals surface area contributed by atoms with Crippen molar-refractivity contribution in [1.29, 1.82) is 0 Å². The number of aromatic hydroxyl groups is 1. The van der Waals surface area contributed by atoms with Crippen LogP contribution in [0.2, 0.25) is 0 Å². The minimum atomic E-state index is 0.269. The largest absolute Gasteiger partial charge is 0.507 e. The van der Waals surface area contributed by atoms with Gasteiger partial charge in [0.2, 0.25) is 0 Å². The summed E-state index contributed by atoms with van der Waals surface area (Å²) >= 11 is 1.20. The summed E-state index contributed by atoms with van der Waals surface area (Å²) < 4.78 is 5.06. The van der Waals surface area contributed by atoms with Crippen molar-refractivity contribution in [3.63, 3.8) is 0 Å². The molecule has 1 N–H and O–H groups in total. The lowest BCUT2D eigenvalue weighted by molar-refractivity contribution is 0.398. The highest BCUT2D eigenvalue weighted by Crippen LogP contribution is 2.27. The molecule has 1 aromatic carbocycles. The summed E-state index contributed by atoms with van der Waals surface area (Å²) in [4.78, 5) is 0.759. The van der Waals surface area contributed by atoms with E-state index in [4.69, 9.17) is 4.18 Å². The van der Waals surface area contributed by atoms with Gasteiger partial charge in [0.05, 0.1) is 11.5 Å². The highest BCUT2D eigenvalue weighted by atomic mass is 32.2. The van der Waals surface area contributed by atoms with E-state index >= 15 is 0 Å². The van der Waals surface area contributed by atoms with Crippen LogP contribution in [0, 0.1) is 0 Å². The lowest BCUT2D eigenvalue weighted by atomic mass is 10.3. The number of hydrogen-bond acceptors (Lipinski definition) is 3. The monoisotopic (exact) mass is 170 g/mol. The summed E-state index contributed by atoms with van der Waals surface area (Å²) in [5.41, 5.74) is 0. The summed E-state index contributed by atoms with van der Waals surface area (Å²) in [7, 11) is 0. The lowest BCUT2D eigenvalue weighted by Crippen LogP contribution is -1.78. The van der Waals surface area contributed by atoms with Gasteiger partial charge in [-0.1, -0.05) is 12.1 Å². The van der Waals surface area contributed by atoms with Crippen LogP contribution < -0.4 is 0 Å². The molecule has 0 aliphatic rings. The molecule has 1 aromatic rings. The number of phenolic OH excluding ortho intramolecular Hbond substituents is 1. The molecule has 0 aliphatic heterocycles. The van der Waals surface area contributed by atoms with Gasteiger partial charge in [0.25, 0.3) is 0 Å². The van der Waals surface area contributed by atoms with Crippen LogP contribution in [0.4, 0.5) is 0 Å². The van der Waals surface area contributed by atoms with E-state index in [0.717, 1.165) is 4.90 Å². The van der Waals surface area contributed by atoms with Gasteiger partial charge < -0.3 is 9.29 Å². The molecule has 60 valence electrons. The Morgan fingerprint density at radius 2 is 2.18 bits per heavy atom. The quantitative estimate of drug-likeness (QED) is 0.706. The molecule has 0 bridgehead atoms. The van der Waals surface area contributed by atoms with Crippen LogP contribution in [0.15, 0.2) is 29.2 Å². The summed E-state index contributed by atoms with van der Waals surface area (Å²) in [5, 5.41) is 9.24. The van der Waals surface area contributed by atoms with Crippen molar-refractivity contribution in [3.05, 3.63) is 24.3 Å². The van der Waals surface area contributed by atoms with Gasteiger partial charge in [0.1, 0.15) is 5.75 Å². The molecule has 1 rings (SSSR count). The zero-order valence-corrected chi connectivity index (χ0v) is 7.10. The van der Waals surface area contributed by atoms with E-state index in [-0.39, 0.29) is 5.75 Å². The van der Waals surface area contributed by atoms with Crippen molar-refractivity contribution in [2.75, 3.05) is 6.61 Å². The first-order valence-corrected chi connectivity index (χ1v) is 4.16. The topological polar surface area (TPSA) is 29.5 Å². The first-order valence-electron chi connectivity index (χ1n) is 3.42. The molecule has 0 atom stereocenters. The maximum atomic E-state index is 9.24. The Balaban J connectivity index is 2.62. The van der Waals surface area contributed by atoms with Crippen molar-refractivity contribution in [2.45, 2.75) is 11.8 Å².